The number of H-pyrrole nitrogens is 1. The lowest BCUT2D eigenvalue weighted by molar-refractivity contribution is -0.0649. The van der Waals surface area contributed by atoms with Gasteiger partial charge in [-0.1, -0.05) is 0 Å². The summed E-state index contributed by atoms with van der Waals surface area (Å²) in [5.41, 5.74) is 2.30. The van der Waals surface area contributed by atoms with Gasteiger partial charge < -0.3 is 24.5 Å². The normalized spacial score (nSPS) is 23.1. The van der Waals surface area contributed by atoms with Crippen molar-refractivity contribution in [1.82, 2.24) is 15.2 Å². The Morgan fingerprint density at radius 1 is 1.23 bits per heavy atom. The molecule has 3 heterocycles. The Kier molecular flexibility index (Phi) is 8.21. The van der Waals surface area contributed by atoms with E-state index < -0.39 is 0 Å². The van der Waals surface area contributed by atoms with Crippen LogP contribution in [-0.2, 0) is 11.3 Å². The quantitative estimate of drug-likeness (QED) is 0.501. The zero-order valence-corrected chi connectivity index (χ0v) is 23.8. The number of aromatic nitrogens is 1. The number of methoxy groups -OCH3 is 1. The monoisotopic (exact) mass is 552 g/mol. The lowest BCUT2D eigenvalue weighted by Crippen LogP contribution is -2.57. The fraction of sp³-hybridized carbons (Fsp3) is 0.552. The number of likely N-dealkylation sites (tertiary alicyclic amines) is 1. The average Bonchev–Trinajstić information content (AvgIpc) is 2.92. The summed E-state index contributed by atoms with van der Waals surface area (Å²) in [6, 6.07) is 6.20. The van der Waals surface area contributed by atoms with Gasteiger partial charge >= 0.3 is 0 Å². The summed E-state index contributed by atoms with van der Waals surface area (Å²) < 4.78 is 18.0. The van der Waals surface area contributed by atoms with Crippen LogP contribution >= 0.6 is 11.8 Å². The summed E-state index contributed by atoms with van der Waals surface area (Å²) >= 11 is 1.46. The van der Waals surface area contributed by atoms with Crippen molar-refractivity contribution in [3.8, 4) is 17.6 Å². The average molecular weight is 553 g/mol. The van der Waals surface area contributed by atoms with E-state index in [0.29, 0.717) is 52.9 Å². The van der Waals surface area contributed by atoms with Crippen molar-refractivity contribution in [2.75, 3.05) is 33.1 Å². The van der Waals surface area contributed by atoms with Crippen LogP contribution in [0, 0.1) is 31.1 Å². The van der Waals surface area contributed by atoms with Gasteiger partial charge in [0.1, 0.15) is 18.8 Å². The molecule has 1 saturated carbocycles. The van der Waals surface area contributed by atoms with E-state index in [1.807, 2.05) is 26.2 Å². The van der Waals surface area contributed by atoms with Crippen molar-refractivity contribution in [2.45, 2.75) is 69.2 Å². The number of rotatable bonds is 7. The summed E-state index contributed by atoms with van der Waals surface area (Å²) in [5, 5.41) is 12.7. The van der Waals surface area contributed by atoms with Crippen molar-refractivity contribution in [2.24, 2.45) is 5.92 Å². The van der Waals surface area contributed by atoms with Crippen LogP contribution in [0.2, 0.25) is 0 Å². The lowest BCUT2D eigenvalue weighted by Gasteiger charge is -2.46. The van der Waals surface area contributed by atoms with Gasteiger partial charge in [0.15, 0.2) is 11.5 Å². The molecule has 2 N–H and O–H groups in total. The number of nitrogens with one attached hydrogen (secondary N) is 2. The van der Waals surface area contributed by atoms with Crippen LogP contribution in [0.25, 0.3) is 0 Å². The topological polar surface area (TPSA) is 117 Å². The molecule has 9 nitrogen and oxygen atoms in total. The molecule has 10 heteroatoms. The number of carbonyl (C=O) groups is 1. The first-order valence-corrected chi connectivity index (χ1v) is 14.7. The summed E-state index contributed by atoms with van der Waals surface area (Å²) in [6.45, 7) is 6.15. The molecule has 1 atom stereocenters. The predicted molar refractivity (Wildman–Crippen MR) is 149 cm³/mol. The molecule has 1 aliphatic carbocycles. The maximum atomic E-state index is 13.3. The molecule has 0 radical (unpaired) electrons. The number of pyridine rings is 1. The second kappa shape index (κ2) is 11.6. The number of hydrogen-bond donors (Lipinski definition) is 2. The van der Waals surface area contributed by atoms with Crippen LogP contribution in [-0.4, -0.2) is 67.1 Å². The van der Waals surface area contributed by atoms with E-state index in [1.54, 1.807) is 13.2 Å². The zero-order valence-electron chi connectivity index (χ0n) is 23.0. The van der Waals surface area contributed by atoms with Crippen molar-refractivity contribution in [3.63, 3.8) is 0 Å². The Hall–Kier alpha value is -3.00. The second-order valence-corrected chi connectivity index (χ2v) is 11.6. The van der Waals surface area contributed by atoms with E-state index in [4.69, 9.17) is 14.2 Å². The minimum atomic E-state index is -0.367. The first kappa shape index (κ1) is 27.6. The summed E-state index contributed by atoms with van der Waals surface area (Å²) in [7, 11) is 1.78. The van der Waals surface area contributed by atoms with Gasteiger partial charge in [-0.2, -0.15) is 5.26 Å². The number of aryl methyl sites for hydroxylation is 1. The smallest absolute Gasteiger partial charge is 0.254 e. The number of thioether (sulfide) groups is 1. The third-order valence-electron chi connectivity index (χ3n) is 8.38. The standard InChI is InChI=1S/C29H36N4O5S/c1-16-9-25(39-4)23(29(35)32-16)12-31-28(34)22-10-19(11-30)27-26(17(22)2)38-24(15-37-27)18-5-7-20(8-6-18)33-13-21(14-33)36-3/h9-10,18,20-21,24H,5-8,12-15H2,1-4H3,(H,31,34)(H,32,35)/t18?,20?,24-/m1/s1. The molecular weight excluding hydrogens is 516 g/mol. The number of amides is 1. The molecule has 3 aliphatic rings. The van der Waals surface area contributed by atoms with Gasteiger partial charge in [-0.25, -0.2) is 0 Å². The largest absolute Gasteiger partial charge is 0.484 e. The van der Waals surface area contributed by atoms with E-state index in [9.17, 15) is 14.9 Å². The molecule has 1 saturated heterocycles. The minimum Gasteiger partial charge on any atom is -0.484 e. The van der Waals surface area contributed by atoms with Crippen molar-refractivity contribution >= 4 is 17.7 Å². The molecule has 1 aromatic carbocycles. The molecule has 0 bridgehead atoms. The fourth-order valence-corrected chi connectivity index (χ4v) is 6.68. The van der Waals surface area contributed by atoms with Crippen molar-refractivity contribution < 1.29 is 19.0 Å². The van der Waals surface area contributed by atoms with E-state index in [-0.39, 0.29) is 29.7 Å². The molecule has 2 fully saturated rings. The lowest BCUT2D eigenvalue weighted by atomic mass is 9.81. The number of nitriles is 1. The van der Waals surface area contributed by atoms with Gasteiger partial charge in [-0.15, -0.1) is 11.8 Å². The van der Waals surface area contributed by atoms with E-state index in [1.165, 1.54) is 11.8 Å². The van der Waals surface area contributed by atoms with Crippen molar-refractivity contribution in [1.29, 1.82) is 5.26 Å². The summed E-state index contributed by atoms with van der Waals surface area (Å²) in [6.07, 6.45) is 6.48. The van der Waals surface area contributed by atoms with Crippen LogP contribution in [0.15, 0.2) is 21.8 Å². The highest BCUT2D eigenvalue weighted by Crippen LogP contribution is 2.43. The highest BCUT2D eigenvalue weighted by atomic mass is 32.2. The van der Waals surface area contributed by atoms with Gasteiger partial charge in [-0.05, 0) is 63.8 Å². The summed E-state index contributed by atoms with van der Waals surface area (Å²) in [4.78, 5) is 31.9. The Morgan fingerprint density at radius 2 is 1.97 bits per heavy atom. The number of aromatic amines is 1. The molecule has 5 rings (SSSR count). The van der Waals surface area contributed by atoms with Crippen LogP contribution < -0.4 is 20.3 Å². The number of benzene rings is 1. The molecule has 39 heavy (non-hydrogen) atoms. The first-order valence-electron chi connectivity index (χ1n) is 13.5. The zero-order chi connectivity index (χ0) is 27.7. The van der Waals surface area contributed by atoms with Gasteiger partial charge in [0.25, 0.3) is 11.5 Å². The highest BCUT2D eigenvalue weighted by Gasteiger charge is 2.39. The number of carbonyl (C=O) groups excluding carboxylic acids is 1. The molecule has 0 spiro atoms. The van der Waals surface area contributed by atoms with E-state index >= 15 is 0 Å². The van der Waals surface area contributed by atoms with E-state index in [2.05, 4.69) is 21.3 Å². The first-order chi connectivity index (χ1) is 18.8. The number of ether oxygens (including phenoxy) is 3. The van der Waals surface area contributed by atoms with Gasteiger partial charge in [0.05, 0.1) is 11.7 Å². The van der Waals surface area contributed by atoms with Gasteiger partial charge in [0, 0.05) is 60.1 Å². The molecule has 2 aliphatic heterocycles. The third-order valence-corrected chi connectivity index (χ3v) is 9.18. The second-order valence-electron chi connectivity index (χ2n) is 10.7. The molecular formula is C29H36N4O5S. The number of fused-ring (bicyclic) bond motifs is 1. The van der Waals surface area contributed by atoms with Crippen LogP contribution in [0.3, 0.4) is 0 Å². The SMILES string of the molecule is COC1CN(C2CCC([C@H]3COc4c(C#N)cc(C(=O)NCc5c(SC)cc(C)[nH]c5=O)c(C)c4O3)CC2)C1. The predicted octanol–water partition coefficient (Wildman–Crippen LogP) is 3.54. The van der Waals surface area contributed by atoms with Crippen LogP contribution in [0.1, 0.15) is 58.4 Å². The third kappa shape index (κ3) is 5.53. The maximum Gasteiger partial charge on any atom is 0.254 e. The minimum absolute atomic E-state index is 0.0778. The Labute approximate surface area is 233 Å². The van der Waals surface area contributed by atoms with Crippen LogP contribution in [0.4, 0.5) is 0 Å². The number of nitrogens with zero attached hydrogens (tertiary/aromatic N) is 2. The molecule has 208 valence electrons. The van der Waals surface area contributed by atoms with E-state index in [0.717, 1.165) is 49.4 Å². The molecule has 0 unspecified atom stereocenters. The summed E-state index contributed by atoms with van der Waals surface area (Å²) in [5.74, 6) is 0.868. The molecule has 1 amide bonds. The fourth-order valence-electron chi connectivity index (χ4n) is 5.98. The number of hydrogen-bond acceptors (Lipinski definition) is 8. The Balaban J connectivity index is 1.29. The van der Waals surface area contributed by atoms with Gasteiger partial charge in [-0.3, -0.25) is 14.5 Å². The van der Waals surface area contributed by atoms with Crippen LogP contribution in [0.5, 0.6) is 11.5 Å². The Morgan fingerprint density at radius 3 is 2.64 bits per heavy atom. The molecule has 2 aromatic rings. The van der Waals surface area contributed by atoms with Gasteiger partial charge in [0.2, 0.25) is 0 Å². The van der Waals surface area contributed by atoms with Crippen molar-refractivity contribution in [3.05, 3.63) is 50.4 Å². The molecule has 1 aromatic heterocycles. The Bertz CT molecular complexity index is 1340. The highest BCUT2D eigenvalue weighted by molar-refractivity contribution is 7.98. The maximum absolute atomic E-state index is 13.3.